The van der Waals surface area contributed by atoms with Gasteiger partial charge in [0.15, 0.2) is 0 Å². The number of carbonyl (C=O) groups excluding carboxylic acids is 1. The van der Waals surface area contributed by atoms with Gasteiger partial charge in [-0.05, 0) is 56.9 Å². The summed E-state index contributed by atoms with van der Waals surface area (Å²) in [6.45, 7) is 15.8. The Balaban J connectivity index is 2.17. The molecule has 0 unspecified atom stereocenters. The maximum Gasteiger partial charge on any atom is 0.272 e. The molecule has 1 fully saturated rings. The van der Waals surface area contributed by atoms with Crippen LogP contribution in [0.1, 0.15) is 46.6 Å². The van der Waals surface area contributed by atoms with Crippen LogP contribution in [0.3, 0.4) is 0 Å². The minimum absolute atomic E-state index is 0.0629. The second-order valence-corrected chi connectivity index (χ2v) is 10.3. The highest BCUT2D eigenvalue weighted by Gasteiger charge is 2.35. The molecule has 0 atom stereocenters. The predicted molar refractivity (Wildman–Crippen MR) is 130 cm³/mol. The van der Waals surface area contributed by atoms with E-state index in [0.717, 1.165) is 22.6 Å². The lowest BCUT2D eigenvalue weighted by atomic mass is 10.0. The Morgan fingerprint density at radius 2 is 2.16 bits per heavy atom. The zero-order valence-electron chi connectivity index (χ0n) is 19.7. The number of morpholine rings is 1. The van der Waals surface area contributed by atoms with Gasteiger partial charge in [-0.25, -0.2) is 0 Å². The third kappa shape index (κ3) is 7.54. The van der Waals surface area contributed by atoms with Crippen molar-refractivity contribution in [1.82, 2.24) is 4.90 Å². The van der Waals surface area contributed by atoms with Gasteiger partial charge in [0.2, 0.25) is 0 Å². The van der Waals surface area contributed by atoms with Crippen LogP contribution in [0.5, 0.6) is 5.75 Å². The first kappa shape index (κ1) is 25.2. The van der Waals surface area contributed by atoms with Gasteiger partial charge >= 0.3 is 0 Å². The minimum Gasteiger partial charge on any atom is -0.496 e. The van der Waals surface area contributed by atoms with Gasteiger partial charge in [-0.2, -0.15) is 0 Å². The van der Waals surface area contributed by atoms with Gasteiger partial charge < -0.3 is 14.4 Å². The van der Waals surface area contributed by atoms with Gasteiger partial charge in [0, 0.05) is 22.9 Å². The van der Waals surface area contributed by atoms with Gasteiger partial charge in [0.25, 0.3) is 5.91 Å². The first-order valence-electron chi connectivity index (χ1n) is 10.8. The van der Waals surface area contributed by atoms with Gasteiger partial charge in [-0.15, -0.1) is 11.8 Å². The summed E-state index contributed by atoms with van der Waals surface area (Å²) in [5.41, 5.74) is 2.08. The van der Waals surface area contributed by atoms with E-state index in [-0.39, 0.29) is 11.4 Å². The first-order chi connectivity index (χ1) is 14.6. The van der Waals surface area contributed by atoms with E-state index in [1.54, 1.807) is 25.1 Å². The lowest BCUT2D eigenvalue weighted by molar-refractivity contribution is -0.142. The third-order valence-corrected chi connectivity index (χ3v) is 5.96. The molecule has 5 nitrogen and oxygen atoms in total. The van der Waals surface area contributed by atoms with Crippen molar-refractivity contribution in [2.45, 2.75) is 63.1 Å². The third-order valence-electron chi connectivity index (χ3n) is 4.89. The molecule has 31 heavy (non-hydrogen) atoms. The van der Waals surface area contributed by atoms with Crippen molar-refractivity contribution in [3.63, 3.8) is 0 Å². The molecule has 1 aliphatic heterocycles. The summed E-state index contributed by atoms with van der Waals surface area (Å²) in [5.74, 6) is 0.832. The number of thioether (sulfide) groups is 1. The molecule has 1 aromatic carbocycles. The van der Waals surface area contributed by atoms with Crippen LogP contribution in [0.2, 0.25) is 0 Å². The van der Waals surface area contributed by atoms with Crippen LogP contribution in [-0.2, 0) is 16.0 Å². The largest absolute Gasteiger partial charge is 0.496 e. The molecule has 1 aliphatic rings. The molecule has 0 radical (unpaired) electrons. The van der Waals surface area contributed by atoms with Crippen LogP contribution in [0.4, 0.5) is 0 Å². The molecule has 1 heterocycles. The van der Waals surface area contributed by atoms with Crippen LogP contribution in [0.15, 0.2) is 52.0 Å². The monoisotopic (exact) mass is 444 g/mol. The van der Waals surface area contributed by atoms with E-state index in [2.05, 4.69) is 43.6 Å². The van der Waals surface area contributed by atoms with E-state index in [9.17, 15) is 4.79 Å². The normalized spacial score (nSPS) is 16.7. The fraction of sp³-hybridized carbons (Fsp3) is 0.520. The Bertz CT molecular complexity index is 843. The van der Waals surface area contributed by atoms with E-state index >= 15 is 0 Å². The molecule has 0 N–H and O–H groups in total. The number of allylic oxidation sites excluding steroid dienone is 2. The standard InChI is InChI=1S/C25H36N2O3S/c1-18(2)16-26-21(24(28)27-13-14-30-17-25(27,5)6)10-8-9-20-11-12-23(31-19(3)4)22(15-20)29-7/h10-12,15-16,19H,1,8-9,13-14,17H2,2-7H3/b21-10+,26-16+. The molecule has 170 valence electrons. The minimum atomic E-state index is -0.357. The summed E-state index contributed by atoms with van der Waals surface area (Å²) in [6.07, 6.45) is 5.09. The maximum absolute atomic E-state index is 13.3. The molecule has 0 saturated carbocycles. The fourth-order valence-electron chi connectivity index (χ4n) is 3.34. The van der Waals surface area contributed by atoms with Crippen LogP contribution in [0.25, 0.3) is 0 Å². The lowest BCUT2D eigenvalue weighted by Crippen LogP contribution is -2.55. The van der Waals surface area contributed by atoms with E-state index in [0.29, 0.717) is 37.1 Å². The highest BCUT2D eigenvalue weighted by Crippen LogP contribution is 2.33. The summed E-state index contributed by atoms with van der Waals surface area (Å²) in [6, 6.07) is 6.33. The van der Waals surface area contributed by atoms with Crippen LogP contribution in [-0.4, -0.2) is 54.7 Å². The number of carbonyl (C=O) groups is 1. The Kier molecular flexibility index (Phi) is 9.38. The summed E-state index contributed by atoms with van der Waals surface area (Å²) >= 11 is 1.79. The number of hydrogen-bond donors (Lipinski definition) is 0. The number of rotatable bonds is 9. The molecule has 2 rings (SSSR count). The summed E-state index contributed by atoms with van der Waals surface area (Å²) in [4.78, 5) is 20.7. The summed E-state index contributed by atoms with van der Waals surface area (Å²) < 4.78 is 11.1. The molecule has 0 spiro atoms. The molecule has 1 amide bonds. The first-order valence-corrected chi connectivity index (χ1v) is 11.6. The molecule has 0 bridgehead atoms. The fourth-order valence-corrected chi connectivity index (χ4v) is 4.26. The Morgan fingerprint density at radius 3 is 2.77 bits per heavy atom. The molecule has 1 saturated heterocycles. The Labute approximate surface area is 191 Å². The maximum atomic E-state index is 13.3. The zero-order valence-corrected chi connectivity index (χ0v) is 20.6. The Hall–Kier alpha value is -2.05. The van der Waals surface area contributed by atoms with Crippen molar-refractivity contribution >= 4 is 23.9 Å². The average molecular weight is 445 g/mol. The SMILES string of the molecule is C=C(C)/C=N/C(=C/CCc1ccc(SC(C)C)c(OC)c1)C(=O)N1CCOCC1(C)C. The smallest absolute Gasteiger partial charge is 0.272 e. The molecule has 0 aromatic heterocycles. The van der Waals surface area contributed by atoms with Crippen molar-refractivity contribution in [2.24, 2.45) is 4.99 Å². The number of amides is 1. The predicted octanol–water partition coefficient (Wildman–Crippen LogP) is 5.30. The van der Waals surface area contributed by atoms with Crippen molar-refractivity contribution in [1.29, 1.82) is 0 Å². The molecule has 0 aliphatic carbocycles. The topological polar surface area (TPSA) is 51.1 Å². The summed E-state index contributed by atoms with van der Waals surface area (Å²) in [7, 11) is 1.70. The number of aryl methyl sites for hydroxylation is 1. The number of benzene rings is 1. The van der Waals surface area contributed by atoms with Gasteiger partial charge in [0.1, 0.15) is 11.4 Å². The second kappa shape index (κ2) is 11.5. The van der Waals surface area contributed by atoms with E-state index in [1.165, 1.54) is 5.56 Å². The van der Waals surface area contributed by atoms with E-state index < -0.39 is 0 Å². The number of hydrogen-bond acceptors (Lipinski definition) is 5. The quantitative estimate of drug-likeness (QED) is 0.295. The Morgan fingerprint density at radius 1 is 1.42 bits per heavy atom. The lowest BCUT2D eigenvalue weighted by Gasteiger charge is -2.42. The van der Waals surface area contributed by atoms with Gasteiger partial charge in [-0.3, -0.25) is 9.79 Å². The van der Waals surface area contributed by atoms with Crippen molar-refractivity contribution < 1.29 is 14.3 Å². The number of aliphatic imine (C=N–C) groups is 1. The van der Waals surface area contributed by atoms with Crippen molar-refractivity contribution in [2.75, 3.05) is 26.9 Å². The number of ether oxygens (including phenoxy) is 2. The highest BCUT2D eigenvalue weighted by molar-refractivity contribution is 8.00. The molecular formula is C25H36N2O3S. The van der Waals surface area contributed by atoms with Crippen LogP contribution >= 0.6 is 11.8 Å². The number of methoxy groups -OCH3 is 1. The van der Waals surface area contributed by atoms with Crippen molar-refractivity contribution in [3.8, 4) is 5.75 Å². The van der Waals surface area contributed by atoms with Crippen LogP contribution < -0.4 is 4.74 Å². The number of nitrogens with zero attached hydrogens (tertiary/aromatic N) is 2. The highest BCUT2D eigenvalue weighted by atomic mass is 32.2. The van der Waals surface area contributed by atoms with Crippen LogP contribution in [0, 0.1) is 0 Å². The van der Waals surface area contributed by atoms with Gasteiger partial charge in [0.05, 0.1) is 25.9 Å². The van der Waals surface area contributed by atoms with Gasteiger partial charge in [-0.1, -0.05) is 32.6 Å². The second-order valence-electron chi connectivity index (χ2n) is 8.71. The summed E-state index contributed by atoms with van der Waals surface area (Å²) in [5, 5.41) is 0.492. The average Bonchev–Trinajstić information content (AvgIpc) is 2.70. The van der Waals surface area contributed by atoms with Crippen molar-refractivity contribution in [3.05, 3.63) is 47.7 Å². The molecule has 1 aromatic rings. The zero-order chi connectivity index (χ0) is 23.0. The molecule has 6 heteroatoms. The molecular weight excluding hydrogens is 408 g/mol. The van der Waals surface area contributed by atoms with E-state index in [4.69, 9.17) is 9.47 Å². The van der Waals surface area contributed by atoms with E-state index in [1.807, 2.05) is 31.7 Å².